The van der Waals surface area contributed by atoms with Crippen LogP contribution in [-0.2, 0) is 17.9 Å². The average Bonchev–Trinajstić information content (AvgIpc) is 2.75. The van der Waals surface area contributed by atoms with Crippen molar-refractivity contribution in [1.29, 1.82) is 0 Å². The van der Waals surface area contributed by atoms with Crippen molar-refractivity contribution in [2.45, 2.75) is 52.2 Å². The van der Waals surface area contributed by atoms with Crippen LogP contribution in [0, 0.1) is 5.92 Å². The first-order chi connectivity index (χ1) is 8.88. The highest BCUT2D eigenvalue weighted by atomic mass is 16.5. The van der Waals surface area contributed by atoms with Gasteiger partial charge in [0.25, 0.3) is 0 Å². The normalized spacial score (nSPS) is 15.8. The molecule has 0 radical (unpaired) electrons. The number of hydrogen-bond acceptors (Lipinski definition) is 3. The summed E-state index contributed by atoms with van der Waals surface area (Å²) in [5.74, 6) is 1.87. The molecule has 2 rings (SSSR count). The van der Waals surface area contributed by atoms with Crippen LogP contribution in [0.25, 0.3) is 0 Å². The number of ether oxygens (including phenoxy) is 1. The van der Waals surface area contributed by atoms with Gasteiger partial charge in [0.1, 0.15) is 12.4 Å². The smallest absolute Gasteiger partial charge is 0.129 e. The molecule has 1 aliphatic carbocycles. The lowest BCUT2D eigenvalue weighted by molar-refractivity contribution is 0.0836. The van der Waals surface area contributed by atoms with Crippen LogP contribution >= 0.6 is 0 Å². The monoisotopic (exact) mass is 251 g/mol. The van der Waals surface area contributed by atoms with Crippen molar-refractivity contribution in [1.82, 2.24) is 5.32 Å². The van der Waals surface area contributed by atoms with Crippen LogP contribution in [0.3, 0.4) is 0 Å². The third kappa shape index (κ3) is 4.46. The van der Waals surface area contributed by atoms with Gasteiger partial charge in [-0.05, 0) is 31.4 Å². The minimum absolute atomic E-state index is 0.612. The lowest BCUT2D eigenvalue weighted by Crippen LogP contribution is -2.13. The summed E-state index contributed by atoms with van der Waals surface area (Å²) < 4.78 is 11.1. The molecule has 18 heavy (non-hydrogen) atoms. The highest BCUT2D eigenvalue weighted by molar-refractivity contribution is 5.11. The van der Waals surface area contributed by atoms with Crippen LogP contribution in [0.2, 0.25) is 0 Å². The first-order valence-electron chi connectivity index (χ1n) is 7.23. The molecule has 0 aliphatic heterocycles. The van der Waals surface area contributed by atoms with E-state index in [1.165, 1.54) is 31.2 Å². The van der Waals surface area contributed by atoms with Gasteiger partial charge in [-0.3, -0.25) is 0 Å². The van der Waals surface area contributed by atoms with E-state index >= 15 is 0 Å². The Kier molecular flexibility index (Phi) is 5.75. The molecular formula is C15H25NO2. The molecule has 1 N–H and O–H groups in total. The molecule has 0 aromatic carbocycles. The molecule has 1 aliphatic rings. The molecule has 0 saturated heterocycles. The molecule has 0 atom stereocenters. The highest BCUT2D eigenvalue weighted by Crippen LogP contribution is 2.29. The maximum atomic E-state index is 5.65. The molecular weight excluding hydrogens is 226 g/mol. The summed E-state index contributed by atoms with van der Waals surface area (Å²) in [7, 11) is 0. The van der Waals surface area contributed by atoms with Gasteiger partial charge in [0, 0.05) is 18.7 Å². The fraction of sp³-hybridized carbons (Fsp3) is 0.733. The van der Waals surface area contributed by atoms with Crippen LogP contribution in [-0.4, -0.2) is 13.2 Å². The van der Waals surface area contributed by atoms with Crippen LogP contribution in [0.15, 0.2) is 16.7 Å². The summed E-state index contributed by atoms with van der Waals surface area (Å²) in [6.07, 6.45) is 8.42. The van der Waals surface area contributed by atoms with Crippen molar-refractivity contribution in [3.63, 3.8) is 0 Å². The predicted octanol–water partition coefficient (Wildman–Crippen LogP) is 3.49. The van der Waals surface area contributed by atoms with E-state index in [1.54, 1.807) is 0 Å². The van der Waals surface area contributed by atoms with Crippen molar-refractivity contribution in [3.8, 4) is 0 Å². The first kappa shape index (κ1) is 13.6. The van der Waals surface area contributed by atoms with Gasteiger partial charge in [0.05, 0.1) is 6.26 Å². The summed E-state index contributed by atoms with van der Waals surface area (Å²) in [5, 5.41) is 3.36. The SMILES string of the molecule is CCCNCc1coc(COCCC2CCC2)c1. The minimum atomic E-state index is 0.612. The number of hydrogen-bond donors (Lipinski definition) is 1. The van der Waals surface area contributed by atoms with Gasteiger partial charge in [-0.25, -0.2) is 0 Å². The van der Waals surface area contributed by atoms with E-state index < -0.39 is 0 Å². The van der Waals surface area contributed by atoms with Gasteiger partial charge in [0.2, 0.25) is 0 Å². The topological polar surface area (TPSA) is 34.4 Å². The van der Waals surface area contributed by atoms with Gasteiger partial charge >= 0.3 is 0 Å². The molecule has 0 bridgehead atoms. The van der Waals surface area contributed by atoms with Crippen molar-refractivity contribution in [3.05, 3.63) is 23.7 Å². The zero-order valence-electron chi connectivity index (χ0n) is 11.4. The molecule has 1 fully saturated rings. The van der Waals surface area contributed by atoms with Crippen molar-refractivity contribution in [2.24, 2.45) is 5.92 Å². The molecule has 3 heteroatoms. The fourth-order valence-electron chi connectivity index (χ4n) is 2.21. The average molecular weight is 251 g/mol. The summed E-state index contributed by atoms with van der Waals surface area (Å²) in [6, 6.07) is 2.09. The van der Waals surface area contributed by atoms with Crippen LogP contribution in [0.4, 0.5) is 0 Å². The second-order valence-electron chi connectivity index (χ2n) is 5.24. The predicted molar refractivity (Wildman–Crippen MR) is 72.3 cm³/mol. The van der Waals surface area contributed by atoms with E-state index in [9.17, 15) is 0 Å². The summed E-state index contributed by atoms with van der Waals surface area (Å²) in [4.78, 5) is 0. The third-order valence-corrected chi connectivity index (χ3v) is 3.60. The van der Waals surface area contributed by atoms with Gasteiger partial charge < -0.3 is 14.5 Å². The second-order valence-corrected chi connectivity index (χ2v) is 5.24. The highest BCUT2D eigenvalue weighted by Gasteiger charge is 2.16. The second kappa shape index (κ2) is 7.59. The Bertz CT molecular complexity index is 331. The van der Waals surface area contributed by atoms with E-state index in [0.29, 0.717) is 6.61 Å². The summed E-state index contributed by atoms with van der Waals surface area (Å²) >= 11 is 0. The fourth-order valence-corrected chi connectivity index (χ4v) is 2.21. The zero-order chi connectivity index (χ0) is 12.6. The number of nitrogens with one attached hydrogen (secondary N) is 1. The van der Waals surface area contributed by atoms with Gasteiger partial charge in [0.15, 0.2) is 0 Å². The Balaban J connectivity index is 1.57. The molecule has 1 saturated carbocycles. The molecule has 3 nitrogen and oxygen atoms in total. The summed E-state index contributed by atoms with van der Waals surface area (Å²) in [5.41, 5.74) is 1.21. The Morgan fingerprint density at radius 3 is 3.06 bits per heavy atom. The Morgan fingerprint density at radius 2 is 2.33 bits per heavy atom. The third-order valence-electron chi connectivity index (χ3n) is 3.60. The maximum Gasteiger partial charge on any atom is 0.129 e. The minimum Gasteiger partial charge on any atom is -0.467 e. The molecule has 0 amide bonds. The molecule has 1 aromatic rings. The van der Waals surface area contributed by atoms with Crippen molar-refractivity contribution < 1.29 is 9.15 Å². The van der Waals surface area contributed by atoms with Gasteiger partial charge in [-0.2, -0.15) is 0 Å². The van der Waals surface area contributed by atoms with E-state index in [2.05, 4.69) is 18.3 Å². The van der Waals surface area contributed by atoms with Crippen molar-refractivity contribution in [2.75, 3.05) is 13.2 Å². The van der Waals surface area contributed by atoms with Gasteiger partial charge in [-0.15, -0.1) is 0 Å². The van der Waals surface area contributed by atoms with Gasteiger partial charge in [-0.1, -0.05) is 26.2 Å². The van der Waals surface area contributed by atoms with Crippen LogP contribution in [0.1, 0.15) is 50.4 Å². The molecule has 102 valence electrons. The Morgan fingerprint density at radius 1 is 1.44 bits per heavy atom. The Labute approximate surface area is 110 Å². The van der Waals surface area contributed by atoms with E-state index in [0.717, 1.165) is 37.8 Å². The largest absolute Gasteiger partial charge is 0.467 e. The molecule has 0 unspecified atom stereocenters. The molecule has 1 aromatic heterocycles. The molecule has 0 spiro atoms. The number of furan rings is 1. The van der Waals surface area contributed by atoms with Crippen molar-refractivity contribution >= 4 is 0 Å². The van der Waals surface area contributed by atoms with Crippen LogP contribution < -0.4 is 5.32 Å². The standard InChI is InChI=1S/C15H25NO2/c1-2-7-16-10-14-9-15(18-11-14)12-17-8-6-13-4-3-5-13/h9,11,13,16H,2-8,10,12H2,1H3. The Hall–Kier alpha value is -0.800. The quantitative estimate of drug-likeness (QED) is 0.682. The summed E-state index contributed by atoms with van der Waals surface area (Å²) in [6.45, 7) is 5.59. The maximum absolute atomic E-state index is 5.65. The lowest BCUT2D eigenvalue weighted by atomic mass is 9.83. The number of rotatable bonds is 9. The molecule has 1 heterocycles. The zero-order valence-corrected chi connectivity index (χ0v) is 11.4. The van der Waals surface area contributed by atoms with E-state index in [-0.39, 0.29) is 0 Å². The lowest BCUT2D eigenvalue weighted by Gasteiger charge is -2.24. The van der Waals surface area contributed by atoms with E-state index in [1.807, 2.05) is 6.26 Å². The van der Waals surface area contributed by atoms with Crippen LogP contribution in [0.5, 0.6) is 0 Å². The van der Waals surface area contributed by atoms with E-state index in [4.69, 9.17) is 9.15 Å². The first-order valence-corrected chi connectivity index (χ1v) is 7.23.